The van der Waals surface area contributed by atoms with Crippen molar-refractivity contribution in [2.24, 2.45) is 5.92 Å². The Morgan fingerprint density at radius 3 is 2.76 bits per heavy atom. The van der Waals surface area contributed by atoms with Gasteiger partial charge in [-0.3, -0.25) is 4.79 Å². The molecule has 1 saturated carbocycles. The molecule has 1 fully saturated rings. The van der Waals surface area contributed by atoms with Crippen LogP contribution in [0.5, 0.6) is 0 Å². The monoisotopic (exact) mass is 601 g/mol. The second kappa shape index (κ2) is 15.4. The Morgan fingerprint density at radius 1 is 1.17 bits per heavy atom. The number of benzene rings is 1. The fourth-order valence-electron chi connectivity index (χ4n) is 4.55. The Balaban J connectivity index is 1.48. The molecule has 220 valence electrons. The molecule has 0 atom stereocenters. The molecule has 2 aromatic heterocycles. The molecule has 4 N–H and O–H groups in total. The number of hydrogen-bond acceptors (Lipinski definition) is 9. The number of thioether (sulfide) groups is 1. The predicted octanol–water partition coefficient (Wildman–Crippen LogP) is 5.20. The van der Waals surface area contributed by atoms with Crippen LogP contribution in [0, 0.1) is 11.7 Å². The first kappa shape index (κ1) is 31.1. The van der Waals surface area contributed by atoms with Crippen LogP contribution in [0.1, 0.15) is 32.6 Å². The van der Waals surface area contributed by atoms with Crippen molar-refractivity contribution >= 4 is 46.5 Å². The number of nitrogens with zero attached hydrogens (tertiary/aromatic N) is 4. The summed E-state index contributed by atoms with van der Waals surface area (Å²) in [7, 11) is 1.92. The number of carbonyl (C=O) groups excluding carboxylic acids is 1. The third kappa shape index (κ3) is 9.34. The molecule has 0 unspecified atom stereocenters. The lowest BCUT2D eigenvalue weighted by Crippen LogP contribution is -2.34. The Labute approximate surface area is 249 Å². The minimum atomic E-state index is -0.448. The first-order chi connectivity index (χ1) is 19.8. The summed E-state index contributed by atoms with van der Waals surface area (Å²) in [6.45, 7) is 5.50. The number of aliphatic hydroxyl groups excluding tert-OH is 1. The summed E-state index contributed by atoms with van der Waals surface area (Å²) >= 11 is 7.66. The van der Waals surface area contributed by atoms with Crippen LogP contribution in [0.25, 0.3) is 11.3 Å². The van der Waals surface area contributed by atoms with Crippen LogP contribution in [0.3, 0.4) is 0 Å². The van der Waals surface area contributed by atoms with Crippen LogP contribution in [0.2, 0.25) is 5.02 Å². The van der Waals surface area contributed by atoms with Crippen molar-refractivity contribution in [2.45, 2.75) is 43.7 Å². The molecule has 41 heavy (non-hydrogen) atoms. The van der Waals surface area contributed by atoms with Crippen molar-refractivity contribution in [2.75, 3.05) is 49.6 Å². The van der Waals surface area contributed by atoms with Crippen molar-refractivity contribution < 1.29 is 14.3 Å². The molecule has 9 nitrogen and oxygen atoms in total. The summed E-state index contributed by atoms with van der Waals surface area (Å²) in [6, 6.07) is 9.59. The minimum Gasteiger partial charge on any atom is -0.393 e. The number of aliphatic hydroxyl groups is 1. The molecule has 0 spiro atoms. The van der Waals surface area contributed by atoms with E-state index < -0.39 is 5.82 Å². The van der Waals surface area contributed by atoms with Crippen molar-refractivity contribution in [1.29, 1.82) is 0 Å². The molecular formula is C29H37ClFN7O2S. The molecule has 0 saturated heterocycles. The van der Waals surface area contributed by atoms with Gasteiger partial charge in [0.15, 0.2) is 0 Å². The molecule has 2 heterocycles. The highest BCUT2D eigenvalue weighted by Crippen LogP contribution is 2.37. The van der Waals surface area contributed by atoms with Crippen molar-refractivity contribution in [1.82, 2.24) is 25.4 Å². The molecule has 0 bridgehead atoms. The van der Waals surface area contributed by atoms with E-state index in [0.29, 0.717) is 51.8 Å². The van der Waals surface area contributed by atoms with Gasteiger partial charge in [-0.05, 0) is 69.1 Å². The number of likely N-dealkylation sites (N-methyl/N-ethyl adjacent to an activating group) is 1. The van der Waals surface area contributed by atoms with E-state index in [4.69, 9.17) is 11.6 Å². The van der Waals surface area contributed by atoms with E-state index in [-0.39, 0.29) is 17.6 Å². The predicted molar refractivity (Wildman–Crippen MR) is 163 cm³/mol. The van der Waals surface area contributed by atoms with Gasteiger partial charge in [0.2, 0.25) is 5.91 Å². The van der Waals surface area contributed by atoms with E-state index in [0.717, 1.165) is 44.6 Å². The smallest absolute Gasteiger partial charge is 0.226 e. The topological polar surface area (TPSA) is 115 Å². The molecule has 12 heteroatoms. The number of rotatable bonds is 15. The zero-order chi connectivity index (χ0) is 29.2. The van der Waals surface area contributed by atoms with E-state index in [1.54, 1.807) is 24.4 Å². The number of pyridine rings is 1. The van der Waals surface area contributed by atoms with E-state index in [1.807, 2.05) is 7.05 Å². The van der Waals surface area contributed by atoms with E-state index in [1.165, 1.54) is 30.0 Å². The number of anilines is 3. The van der Waals surface area contributed by atoms with Gasteiger partial charge in [0.1, 0.15) is 16.7 Å². The maximum atomic E-state index is 14.6. The molecule has 1 aromatic carbocycles. The van der Waals surface area contributed by atoms with Crippen LogP contribution in [0.4, 0.5) is 21.6 Å². The standard InChI is InChI=1S/C29H37ClFN7O2S/c1-3-10-38(12-9-32-2)11-7-28(40)35-27-16-21(6-8-33-27)34-26-17-25(23-15-20(30)4-5-24(23)31)36-37-29(26)41-18-19-13-22(39)14-19/h4-6,8,15-17,19,22,32,39H,3,7,9-14,18H2,1-2H3,(H2,33,34,35,36,40). The second-order valence-corrected chi connectivity index (χ2v) is 11.6. The normalized spacial score (nSPS) is 16.4. The SMILES string of the molecule is CCCN(CCNC)CCC(=O)Nc1cc(Nc2cc(-c3cc(Cl)ccc3F)nnc2SCC2CC(O)C2)ccn1. The quantitative estimate of drug-likeness (QED) is 0.175. The van der Waals surface area contributed by atoms with Gasteiger partial charge >= 0.3 is 0 Å². The summed E-state index contributed by atoms with van der Waals surface area (Å²) in [5, 5.41) is 28.8. The summed E-state index contributed by atoms with van der Waals surface area (Å²) in [5.41, 5.74) is 1.92. The summed E-state index contributed by atoms with van der Waals surface area (Å²) < 4.78 is 14.6. The van der Waals surface area contributed by atoms with Gasteiger partial charge in [-0.15, -0.1) is 22.0 Å². The number of hydrogen-bond donors (Lipinski definition) is 4. The third-order valence-electron chi connectivity index (χ3n) is 6.81. The Kier molecular flexibility index (Phi) is 11.7. The second-order valence-electron chi connectivity index (χ2n) is 10.2. The Hall–Kier alpha value is -2.83. The molecule has 1 aliphatic rings. The van der Waals surface area contributed by atoms with E-state index in [9.17, 15) is 14.3 Å². The van der Waals surface area contributed by atoms with Gasteiger partial charge in [-0.2, -0.15) is 0 Å². The molecule has 0 radical (unpaired) electrons. The van der Waals surface area contributed by atoms with Gasteiger partial charge in [0, 0.05) is 60.3 Å². The van der Waals surface area contributed by atoms with Gasteiger partial charge in [-0.25, -0.2) is 9.37 Å². The summed E-state index contributed by atoms with van der Waals surface area (Å²) in [4.78, 5) is 19.3. The average molecular weight is 602 g/mol. The lowest BCUT2D eigenvalue weighted by molar-refractivity contribution is -0.116. The highest BCUT2D eigenvalue weighted by molar-refractivity contribution is 7.99. The van der Waals surface area contributed by atoms with Gasteiger partial charge < -0.3 is 26.0 Å². The van der Waals surface area contributed by atoms with Crippen molar-refractivity contribution in [3.05, 3.63) is 53.4 Å². The van der Waals surface area contributed by atoms with Crippen molar-refractivity contribution in [3.8, 4) is 11.3 Å². The van der Waals surface area contributed by atoms with Crippen LogP contribution in [-0.4, -0.2) is 76.2 Å². The number of nitrogens with one attached hydrogen (secondary N) is 3. The maximum absolute atomic E-state index is 14.6. The van der Waals surface area contributed by atoms with Gasteiger partial charge in [0.25, 0.3) is 0 Å². The largest absolute Gasteiger partial charge is 0.393 e. The number of carbonyl (C=O) groups is 1. The van der Waals surface area contributed by atoms with Crippen LogP contribution in [-0.2, 0) is 4.79 Å². The molecule has 4 rings (SSSR count). The summed E-state index contributed by atoms with van der Waals surface area (Å²) in [6.07, 6.45) is 4.32. The minimum absolute atomic E-state index is 0.108. The zero-order valence-corrected chi connectivity index (χ0v) is 24.9. The third-order valence-corrected chi connectivity index (χ3v) is 8.26. The molecule has 1 aliphatic carbocycles. The fraction of sp³-hybridized carbons (Fsp3) is 0.448. The van der Waals surface area contributed by atoms with Gasteiger partial charge in [0.05, 0.1) is 17.5 Å². The lowest BCUT2D eigenvalue weighted by Gasteiger charge is -2.30. The number of aromatic nitrogens is 3. The van der Waals surface area contributed by atoms with E-state index in [2.05, 4.69) is 43.0 Å². The average Bonchev–Trinajstić information content (AvgIpc) is 2.94. The molecular weight excluding hydrogens is 565 g/mol. The van der Waals surface area contributed by atoms with Crippen LogP contribution in [0.15, 0.2) is 47.6 Å². The first-order valence-corrected chi connectivity index (χ1v) is 15.2. The van der Waals surface area contributed by atoms with Gasteiger partial charge in [-0.1, -0.05) is 18.5 Å². The highest BCUT2D eigenvalue weighted by atomic mass is 35.5. The maximum Gasteiger partial charge on any atom is 0.226 e. The molecule has 3 aromatic rings. The van der Waals surface area contributed by atoms with E-state index >= 15 is 0 Å². The van der Waals surface area contributed by atoms with Crippen LogP contribution >= 0.6 is 23.4 Å². The van der Waals surface area contributed by atoms with Crippen LogP contribution < -0.4 is 16.0 Å². The number of halogens is 2. The fourth-order valence-corrected chi connectivity index (χ4v) is 5.76. The Morgan fingerprint density at radius 2 is 2.00 bits per heavy atom. The zero-order valence-electron chi connectivity index (χ0n) is 23.4. The summed E-state index contributed by atoms with van der Waals surface area (Å²) in [5.74, 6) is 1.06. The molecule has 1 amide bonds. The lowest BCUT2D eigenvalue weighted by atomic mass is 9.84. The number of amides is 1. The van der Waals surface area contributed by atoms with Crippen molar-refractivity contribution in [3.63, 3.8) is 0 Å². The Bertz CT molecular complexity index is 1310. The molecule has 0 aliphatic heterocycles. The first-order valence-electron chi connectivity index (χ1n) is 13.9. The highest BCUT2D eigenvalue weighted by Gasteiger charge is 2.27.